The Morgan fingerprint density at radius 2 is 1.90 bits per heavy atom. The molecule has 0 amide bonds. The first-order valence-corrected chi connectivity index (χ1v) is 10.2. The van der Waals surface area contributed by atoms with Gasteiger partial charge in [-0.3, -0.25) is 4.21 Å². The molecule has 0 radical (unpaired) electrons. The lowest BCUT2D eigenvalue weighted by Gasteiger charge is -2.31. The second-order valence-electron chi connectivity index (χ2n) is 5.92. The summed E-state index contributed by atoms with van der Waals surface area (Å²) in [5.41, 5.74) is 0. The van der Waals surface area contributed by atoms with Crippen molar-refractivity contribution in [3.05, 3.63) is 28.7 Å². The first-order valence-electron chi connectivity index (χ1n) is 8.08. The zero-order chi connectivity index (χ0) is 15.1. The SMILES string of the molecule is CCCNC(CS(=O)c1ccc(Br)cc1)C1CCCCC1. The van der Waals surface area contributed by atoms with Crippen LogP contribution in [0.1, 0.15) is 45.4 Å². The molecule has 1 aromatic carbocycles. The fourth-order valence-electron chi connectivity index (χ4n) is 3.07. The molecular formula is C17H26BrNOS. The molecule has 1 N–H and O–H groups in total. The Balaban J connectivity index is 1.99. The fraction of sp³-hybridized carbons (Fsp3) is 0.647. The standard InChI is InChI=1S/C17H26BrNOS/c1-2-12-19-17(14-6-4-3-5-7-14)13-21(20)16-10-8-15(18)9-11-16/h8-11,14,17,19H,2-7,12-13H2,1H3. The lowest BCUT2D eigenvalue weighted by molar-refractivity contribution is 0.284. The molecule has 2 atom stereocenters. The van der Waals surface area contributed by atoms with Crippen molar-refractivity contribution < 1.29 is 4.21 Å². The molecule has 4 heteroatoms. The first kappa shape index (κ1) is 17.2. The lowest BCUT2D eigenvalue weighted by Crippen LogP contribution is -2.41. The summed E-state index contributed by atoms with van der Waals surface area (Å²) in [5.74, 6) is 1.44. The third-order valence-corrected chi connectivity index (χ3v) is 6.27. The molecule has 1 aromatic rings. The van der Waals surface area contributed by atoms with Crippen molar-refractivity contribution in [2.24, 2.45) is 5.92 Å². The molecule has 1 aliphatic rings. The van der Waals surface area contributed by atoms with Crippen LogP contribution in [0.4, 0.5) is 0 Å². The van der Waals surface area contributed by atoms with Crippen LogP contribution in [0.3, 0.4) is 0 Å². The van der Waals surface area contributed by atoms with Crippen LogP contribution in [0.25, 0.3) is 0 Å². The van der Waals surface area contributed by atoms with E-state index in [9.17, 15) is 4.21 Å². The zero-order valence-electron chi connectivity index (χ0n) is 12.8. The Bertz CT molecular complexity index is 443. The van der Waals surface area contributed by atoms with E-state index < -0.39 is 10.8 Å². The quantitative estimate of drug-likeness (QED) is 0.763. The minimum atomic E-state index is -0.910. The van der Waals surface area contributed by atoms with Gasteiger partial charge in [0.1, 0.15) is 0 Å². The number of rotatable bonds is 7. The number of benzene rings is 1. The van der Waals surface area contributed by atoms with Crippen LogP contribution < -0.4 is 5.32 Å². The Hall–Kier alpha value is -0.190. The molecule has 0 bridgehead atoms. The van der Waals surface area contributed by atoms with E-state index in [0.717, 1.165) is 28.1 Å². The van der Waals surface area contributed by atoms with E-state index >= 15 is 0 Å². The van der Waals surface area contributed by atoms with Gasteiger partial charge in [-0.15, -0.1) is 0 Å². The highest BCUT2D eigenvalue weighted by molar-refractivity contribution is 9.10. The minimum absolute atomic E-state index is 0.398. The monoisotopic (exact) mass is 371 g/mol. The van der Waals surface area contributed by atoms with Crippen molar-refractivity contribution in [1.82, 2.24) is 5.32 Å². The molecule has 0 spiro atoms. The van der Waals surface area contributed by atoms with Crippen molar-refractivity contribution in [2.75, 3.05) is 12.3 Å². The number of halogens is 1. The molecule has 118 valence electrons. The van der Waals surface area contributed by atoms with Crippen molar-refractivity contribution in [1.29, 1.82) is 0 Å². The molecule has 2 rings (SSSR count). The van der Waals surface area contributed by atoms with E-state index in [4.69, 9.17) is 0 Å². The van der Waals surface area contributed by atoms with E-state index in [-0.39, 0.29) is 0 Å². The van der Waals surface area contributed by atoms with Gasteiger partial charge in [-0.2, -0.15) is 0 Å². The van der Waals surface area contributed by atoms with Crippen LogP contribution in [-0.2, 0) is 10.8 Å². The molecule has 0 saturated heterocycles. The van der Waals surface area contributed by atoms with Crippen molar-refractivity contribution in [3.8, 4) is 0 Å². The predicted molar refractivity (Wildman–Crippen MR) is 94.1 cm³/mol. The molecule has 1 fully saturated rings. The Morgan fingerprint density at radius 3 is 2.52 bits per heavy atom. The molecule has 1 saturated carbocycles. The van der Waals surface area contributed by atoms with E-state index in [1.165, 1.54) is 32.1 Å². The summed E-state index contributed by atoms with van der Waals surface area (Å²) in [6, 6.07) is 8.29. The minimum Gasteiger partial charge on any atom is -0.313 e. The van der Waals surface area contributed by atoms with E-state index in [2.05, 4.69) is 28.2 Å². The fourth-order valence-corrected chi connectivity index (χ4v) is 4.69. The van der Waals surface area contributed by atoms with Gasteiger partial charge >= 0.3 is 0 Å². The largest absolute Gasteiger partial charge is 0.313 e. The van der Waals surface area contributed by atoms with Crippen molar-refractivity contribution in [3.63, 3.8) is 0 Å². The van der Waals surface area contributed by atoms with Gasteiger partial charge in [0.2, 0.25) is 0 Å². The normalized spacial score (nSPS) is 19.3. The average molecular weight is 372 g/mol. The maximum Gasteiger partial charge on any atom is 0.0545 e. The van der Waals surface area contributed by atoms with Gasteiger partial charge in [-0.05, 0) is 56.0 Å². The van der Waals surface area contributed by atoms with Gasteiger partial charge in [-0.1, -0.05) is 42.1 Å². The Kier molecular flexibility index (Phi) is 7.41. The maximum absolute atomic E-state index is 12.6. The summed E-state index contributed by atoms with van der Waals surface area (Å²) < 4.78 is 13.7. The van der Waals surface area contributed by atoms with Crippen LogP contribution in [0, 0.1) is 5.92 Å². The topological polar surface area (TPSA) is 29.1 Å². The zero-order valence-corrected chi connectivity index (χ0v) is 15.2. The van der Waals surface area contributed by atoms with Gasteiger partial charge in [0.15, 0.2) is 0 Å². The highest BCUT2D eigenvalue weighted by atomic mass is 79.9. The molecule has 1 aliphatic carbocycles. The number of hydrogen-bond donors (Lipinski definition) is 1. The smallest absolute Gasteiger partial charge is 0.0545 e. The van der Waals surface area contributed by atoms with Crippen LogP contribution >= 0.6 is 15.9 Å². The van der Waals surface area contributed by atoms with Gasteiger partial charge < -0.3 is 5.32 Å². The van der Waals surface area contributed by atoms with Crippen LogP contribution in [0.2, 0.25) is 0 Å². The Labute approximate surface area is 139 Å². The molecule has 0 aliphatic heterocycles. The van der Waals surface area contributed by atoms with E-state index in [1.807, 2.05) is 24.3 Å². The second kappa shape index (κ2) is 9.06. The maximum atomic E-state index is 12.6. The van der Waals surface area contributed by atoms with Gasteiger partial charge in [0.25, 0.3) is 0 Å². The highest BCUT2D eigenvalue weighted by Crippen LogP contribution is 2.27. The van der Waals surface area contributed by atoms with E-state index in [0.29, 0.717) is 12.0 Å². The van der Waals surface area contributed by atoms with Crippen LogP contribution in [0.5, 0.6) is 0 Å². The summed E-state index contributed by atoms with van der Waals surface area (Å²) in [6.07, 6.45) is 7.75. The number of nitrogens with one attached hydrogen (secondary N) is 1. The molecule has 2 nitrogen and oxygen atoms in total. The molecule has 0 aromatic heterocycles. The van der Waals surface area contributed by atoms with Crippen LogP contribution in [-0.4, -0.2) is 22.5 Å². The third kappa shape index (κ3) is 5.50. The first-order chi connectivity index (χ1) is 10.2. The average Bonchev–Trinajstić information content (AvgIpc) is 2.52. The van der Waals surface area contributed by atoms with Gasteiger partial charge in [0, 0.05) is 21.2 Å². The predicted octanol–water partition coefficient (Wildman–Crippen LogP) is 4.51. The van der Waals surface area contributed by atoms with E-state index in [1.54, 1.807) is 0 Å². The van der Waals surface area contributed by atoms with Crippen molar-refractivity contribution in [2.45, 2.75) is 56.4 Å². The molecule has 0 heterocycles. The Morgan fingerprint density at radius 1 is 1.24 bits per heavy atom. The molecular weight excluding hydrogens is 346 g/mol. The highest BCUT2D eigenvalue weighted by Gasteiger charge is 2.25. The lowest BCUT2D eigenvalue weighted by atomic mass is 9.84. The van der Waals surface area contributed by atoms with Gasteiger partial charge in [0.05, 0.1) is 10.8 Å². The third-order valence-electron chi connectivity index (χ3n) is 4.28. The summed E-state index contributed by atoms with van der Waals surface area (Å²) >= 11 is 3.43. The summed E-state index contributed by atoms with van der Waals surface area (Å²) in [5, 5.41) is 3.65. The summed E-state index contributed by atoms with van der Waals surface area (Å²) in [4.78, 5) is 0.942. The van der Waals surface area contributed by atoms with Crippen LogP contribution in [0.15, 0.2) is 33.6 Å². The summed E-state index contributed by atoms with van der Waals surface area (Å²) in [6.45, 7) is 3.22. The second-order valence-corrected chi connectivity index (χ2v) is 8.34. The summed E-state index contributed by atoms with van der Waals surface area (Å²) in [7, 11) is -0.910. The van der Waals surface area contributed by atoms with Crippen molar-refractivity contribution >= 4 is 26.7 Å². The molecule has 21 heavy (non-hydrogen) atoms. The number of hydrogen-bond acceptors (Lipinski definition) is 2. The van der Waals surface area contributed by atoms with Gasteiger partial charge in [-0.25, -0.2) is 0 Å². The molecule has 2 unspecified atom stereocenters.